The van der Waals surface area contributed by atoms with Gasteiger partial charge in [-0.3, -0.25) is 4.79 Å². The Bertz CT molecular complexity index is 1170. The number of pyridine rings is 1. The molecule has 1 spiro atoms. The van der Waals surface area contributed by atoms with Crippen molar-refractivity contribution in [2.75, 3.05) is 20.3 Å². The summed E-state index contributed by atoms with van der Waals surface area (Å²) in [5.74, 6) is 2.68. The SMILES string of the molecule is C#Cc1cc(C[C@H](NC(=O)COC)[C@@H](O)CN[C@H]2CC3(CCC3)Oc3ncc(CC(C)C)cc32)ccc1F. The van der Waals surface area contributed by atoms with Gasteiger partial charge in [0, 0.05) is 37.9 Å². The molecule has 2 heterocycles. The van der Waals surface area contributed by atoms with Crippen LogP contribution in [0.2, 0.25) is 0 Å². The van der Waals surface area contributed by atoms with Crippen LogP contribution in [-0.2, 0) is 22.4 Å². The number of hydrogen-bond acceptors (Lipinski definition) is 6. The third kappa shape index (κ3) is 6.71. The van der Waals surface area contributed by atoms with E-state index in [-0.39, 0.29) is 42.7 Å². The van der Waals surface area contributed by atoms with Gasteiger partial charge in [0.2, 0.25) is 11.8 Å². The number of aliphatic hydroxyl groups is 1. The van der Waals surface area contributed by atoms with E-state index in [0.717, 1.165) is 43.2 Å². The lowest BCUT2D eigenvalue weighted by Crippen LogP contribution is -2.52. The summed E-state index contributed by atoms with van der Waals surface area (Å²) in [7, 11) is 1.44. The lowest BCUT2D eigenvalue weighted by Gasteiger charge is -2.47. The number of carbonyl (C=O) groups is 1. The van der Waals surface area contributed by atoms with Gasteiger partial charge in [0.15, 0.2) is 0 Å². The zero-order valence-electron chi connectivity index (χ0n) is 22.4. The Labute approximate surface area is 224 Å². The summed E-state index contributed by atoms with van der Waals surface area (Å²) in [5.41, 5.74) is 2.81. The number of nitrogens with one attached hydrogen (secondary N) is 2. The van der Waals surface area contributed by atoms with E-state index in [4.69, 9.17) is 15.9 Å². The topological polar surface area (TPSA) is 92.7 Å². The molecule has 1 amide bonds. The Hall–Kier alpha value is -2.99. The lowest BCUT2D eigenvalue weighted by molar-refractivity contribution is -0.126. The number of hydrogen-bond donors (Lipinski definition) is 3. The molecule has 1 fully saturated rings. The van der Waals surface area contributed by atoms with Crippen molar-refractivity contribution in [3.63, 3.8) is 0 Å². The van der Waals surface area contributed by atoms with Gasteiger partial charge in [-0.05, 0) is 67.3 Å². The highest BCUT2D eigenvalue weighted by Gasteiger charge is 2.46. The van der Waals surface area contributed by atoms with Crippen LogP contribution in [0, 0.1) is 24.1 Å². The lowest BCUT2D eigenvalue weighted by atomic mass is 9.73. The summed E-state index contributed by atoms with van der Waals surface area (Å²) in [6.07, 6.45) is 11.5. The molecule has 7 nitrogen and oxygen atoms in total. The van der Waals surface area contributed by atoms with E-state index in [1.807, 2.05) is 6.20 Å². The molecule has 204 valence electrons. The van der Waals surface area contributed by atoms with Gasteiger partial charge in [-0.1, -0.05) is 25.8 Å². The summed E-state index contributed by atoms with van der Waals surface area (Å²) in [5, 5.41) is 17.6. The third-order valence-corrected chi connectivity index (χ3v) is 7.41. The molecule has 0 unspecified atom stereocenters. The first-order valence-corrected chi connectivity index (χ1v) is 13.3. The number of nitrogens with zero attached hydrogens (tertiary/aromatic N) is 1. The van der Waals surface area contributed by atoms with Crippen molar-refractivity contribution >= 4 is 5.91 Å². The van der Waals surface area contributed by atoms with Gasteiger partial charge in [-0.25, -0.2) is 9.37 Å². The number of aliphatic hydroxyl groups excluding tert-OH is 1. The van der Waals surface area contributed by atoms with Crippen molar-refractivity contribution in [2.45, 2.75) is 76.2 Å². The Morgan fingerprint density at radius 3 is 2.76 bits per heavy atom. The van der Waals surface area contributed by atoms with Gasteiger partial charge in [-0.15, -0.1) is 6.42 Å². The smallest absolute Gasteiger partial charge is 0.246 e. The molecule has 0 bridgehead atoms. The van der Waals surface area contributed by atoms with Crippen molar-refractivity contribution in [3.05, 3.63) is 58.5 Å². The van der Waals surface area contributed by atoms with Crippen molar-refractivity contribution in [1.82, 2.24) is 15.6 Å². The molecule has 1 aromatic heterocycles. The standard InChI is InChI=1S/C30H38FN3O4/c1-5-22-12-20(7-8-24(22)31)14-25(34-28(36)18-37-4)27(35)17-32-26-15-30(9-6-10-30)38-29-23(26)13-21(16-33-29)11-19(2)3/h1,7-8,12-13,16,19,25-27,32,35H,6,9-11,14-15,17-18H2,2-4H3,(H,34,36)/t25-,26-,27-/m0/s1. The molecule has 0 radical (unpaired) electrons. The predicted molar refractivity (Wildman–Crippen MR) is 143 cm³/mol. The number of halogens is 1. The monoisotopic (exact) mass is 523 g/mol. The highest BCUT2D eigenvalue weighted by atomic mass is 19.1. The first-order chi connectivity index (χ1) is 18.2. The fraction of sp³-hybridized carbons (Fsp3) is 0.533. The van der Waals surface area contributed by atoms with Crippen LogP contribution in [0.4, 0.5) is 4.39 Å². The van der Waals surface area contributed by atoms with Crippen molar-refractivity contribution in [2.24, 2.45) is 5.92 Å². The highest BCUT2D eigenvalue weighted by molar-refractivity contribution is 5.77. The minimum absolute atomic E-state index is 0.0393. The highest BCUT2D eigenvalue weighted by Crippen LogP contribution is 2.48. The van der Waals surface area contributed by atoms with Gasteiger partial charge in [0.1, 0.15) is 18.0 Å². The first-order valence-electron chi connectivity index (χ1n) is 13.3. The molecular formula is C30H38FN3O4. The maximum atomic E-state index is 13.9. The van der Waals surface area contributed by atoms with E-state index >= 15 is 0 Å². The third-order valence-electron chi connectivity index (χ3n) is 7.41. The summed E-state index contributed by atoms with van der Waals surface area (Å²) in [6, 6.07) is 5.98. The normalized spacial score (nSPS) is 19.1. The quantitative estimate of drug-likeness (QED) is 0.391. The van der Waals surface area contributed by atoms with Gasteiger partial charge < -0.3 is 25.2 Å². The maximum Gasteiger partial charge on any atom is 0.246 e. The second-order valence-corrected chi connectivity index (χ2v) is 11.0. The Morgan fingerprint density at radius 1 is 1.32 bits per heavy atom. The fourth-order valence-electron chi connectivity index (χ4n) is 5.35. The Morgan fingerprint density at radius 2 is 2.11 bits per heavy atom. The molecule has 2 aliphatic rings. The summed E-state index contributed by atoms with van der Waals surface area (Å²) >= 11 is 0. The van der Waals surface area contributed by atoms with Crippen molar-refractivity contribution in [3.8, 4) is 18.2 Å². The molecular weight excluding hydrogens is 485 g/mol. The van der Waals surface area contributed by atoms with Gasteiger partial charge in [-0.2, -0.15) is 0 Å². The maximum absolute atomic E-state index is 13.9. The number of amides is 1. The number of terminal acetylenes is 1. The molecule has 1 saturated carbocycles. The molecule has 3 atom stereocenters. The molecule has 8 heteroatoms. The fourth-order valence-corrected chi connectivity index (χ4v) is 5.35. The van der Waals surface area contributed by atoms with Crippen LogP contribution < -0.4 is 15.4 Å². The van der Waals surface area contributed by atoms with Crippen molar-refractivity contribution in [1.29, 1.82) is 0 Å². The molecule has 0 saturated heterocycles. The van der Waals surface area contributed by atoms with Crippen molar-refractivity contribution < 1.29 is 23.8 Å². The molecule has 1 aromatic carbocycles. The molecule has 1 aliphatic heterocycles. The van der Waals surface area contributed by atoms with Crippen LogP contribution in [0.25, 0.3) is 0 Å². The summed E-state index contributed by atoms with van der Waals surface area (Å²) < 4.78 is 25.2. The largest absolute Gasteiger partial charge is 0.471 e. The number of ether oxygens (including phenoxy) is 2. The minimum Gasteiger partial charge on any atom is -0.471 e. The number of benzene rings is 1. The number of carbonyl (C=O) groups excluding carboxylic acids is 1. The number of rotatable bonds is 11. The van der Waals surface area contributed by atoms with Gasteiger partial charge >= 0.3 is 0 Å². The van der Waals surface area contributed by atoms with Crippen LogP contribution in [0.5, 0.6) is 5.88 Å². The van der Waals surface area contributed by atoms with Gasteiger partial charge in [0.05, 0.1) is 17.7 Å². The minimum atomic E-state index is -0.925. The van der Waals surface area contributed by atoms with Gasteiger partial charge in [0.25, 0.3) is 0 Å². The zero-order chi connectivity index (χ0) is 27.3. The summed E-state index contributed by atoms with van der Waals surface area (Å²) in [6.45, 7) is 4.46. The van der Waals surface area contributed by atoms with E-state index in [1.165, 1.54) is 13.2 Å². The Kier molecular flexibility index (Phi) is 9.03. The van der Waals surface area contributed by atoms with E-state index in [1.54, 1.807) is 12.1 Å². The average molecular weight is 524 g/mol. The van der Waals surface area contributed by atoms with Crippen LogP contribution >= 0.6 is 0 Å². The van der Waals surface area contributed by atoms with Crippen LogP contribution in [0.15, 0.2) is 30.5 Å². The number of methoxy groups -OCH3 is 1. The van der Waals surface area contributed by atoms with Crippen LogP contribution in [0.1, 0.15) is 67.8 Å². The predicted octanol–water partition coefficient (Wildman–Crippen LogP) is 3.47. The van der Waals surface area contributed by atoms with E-state index in [9.17, 15) is 14.3 Å². The molecule has 3 N–H and O–H groups in total. The second-order valence-electron chi connectivity index (χ2n) is 11.0. The first kappa shape index (κ1) is 28.0. The second kappa shape index (κ2) is 12.2. The zero-order valence-corrected chi connectivity index (χ0v) is 22.4. The number of aromatic nitrogens is 1. The molecule has 2 aromatic rings. The average Bonchev–Trinajstić information content (AvgIpc) is 2.86. The Balaban J connectivity index is 1.51. The molecule has 38 heavy (non-hydrogen) atoms. The summed E-state index contributed by atoms with van der Waals surface area (Å²) in [4.78, 5) is 17.0. The molecule has 1 aliphatic carbocycles. The van der Waals surface area contributed by atoms with Crippen LogP contribution in [0.3, 0.4) is 0 Å². The molecule has 4 rings (SSSR count). The van der Waals surface area contributed by atoms with Crippen LogP contribution in [-0.4, -0.2) is 54.0 Å². The van der Waals surface area contributed by atoms with E-state index in [2.05, 4.69) is 41.5 Å². The number of fused-ring (bicyclic) bond motifs is 1. The van der Waals surface area contributed by atoms with E-state index in [0.29, 0.717) is 17.4 Å². The van der Waals surface area contributed by atoms with E-state index < -0.39 is 18.0 Å².